The van der Waals surface area contributed by atoms with Crippen molar-refractivity contribution in [3.05, 3.63) is 71.8 Å². The molecular weight excluding hydrogens is 310 g/mol. The molecule has 0 saturated carbocycles. The molecule has 130 valence electrons. The predicted molar refractivity (Wildman–Crippen MR) is 98.2 cm³/mol. The first-order valence-electron chi connectivity index (χ1n) is 9.35. The van der Waals surface area contributed by atoms with Crippen LogP contribution < -0.4 is 0 Å². The molecule has 0 N–H and O–H groups in total. The molecule has 3 heteroatoms. The van der Waals surface area contributed by atoms with Crippen LogP contribution in [0.1, 0.15) is 42.4 Å². The summed E-state index contributed by atoms with van der Waals surface area (Å²) in [5.74, 6) is -0.0583. The Morgan fingerprint density at radius 1 is 0.840 bits per heavy atom. The average molecular weight is 335 g/mol. The molecule has 25 heavy (non-hydrogen) atoms. The molecule has 4 rings (SSSR count). The molecule has 2 aliphatic heterocycles. The number of carbonyl (C=O) groups is 1. The van der Waals surface area contributed by atoms with Crippen LogP contribution in [0.4, 0.5) is 0 Å². The van der Waals surface area contributed by atoms with Gasteiger partial charge in [-0.2, -0.15) is 0 Å². The lowest BCUT2D eigenvalue weighted by molar-refractivity contribution is -0.145. The van der Waals surface area contributed by atoms with Gasteiger partial charge in [0.25, 0.3) is 0 Å². The zero-order valence-corrected chi connectivity index (χ0v) is 14.5. The van der Waals surface area contributed by atoms with Crippen molar-refractivity contribution in [1.82, 2.24) is 4.90 Å². The Morgan fingerprint density at radius 2 is 1.44 bits per heavy atom. The molecule has 0 aliphatic carbocycles. The van der Waals surface area contributed by atoms with Crippen molar-refractivity contribution in [2.75, 3.05) is 19.6 Å². The van der Waals surface area contributed by atoms with Crippen LogP contribution in [-0.4, -0.2) is 30.5 Å². The molecule has 0 unspecified atom stereocenters. The first-order valence-corrected chi connectivity index (χ1v) is 9.35. The normalized spacial score (nSPS) is 27.2. The van der Waals surface area contributed by atoms with Gasteiger partial charge in [-0.25, -0.2) is 0 Å². The molecule has 0 amide bonds. The van der Waals surface area contributed by atoms with Crippen LogP contribution >= 0.6 is 0 Å². The van der Waals surface area contributed by atoms with Crippen LogP contribution in [0.15, 0.2) is 60.7 Å². The van der Waals surface area contributed by atoms with Crippen LogP contribution in [0.3, 0.4) is 0 Å². The van der Waals surface area contributed by atoms with Crippen molar-refractivity contribution in [2.24, 2.45) is 5.92 Å². The van der Waals surface area contributed by atoms with Gasteiger partial charge >= 0.3 is 5.97 Å². The average Bonchev–Trinajstić information content (AvgIpc) is 3.00. The minimum atomic E-state index is -0.189. The van der Waals surface area contributed by atoms with Gasteiger partial charge in [0, 0.05) is 12.5 Å². The molecule has 2 aromatic carbocycles. The number of nitrogens with zero attached hydrogens (tertiary/aromatic N) is 1. The van der Waals surface area contributed by atoms with Crippen molar-refractivity contribution in [3.63, 3.8) is 0 Å². The van der Waals surface area contributed by atoms with E-state index in [-0.39, 0.29) is 23.9 Å². The van der Waals surface area contributed by atoms with Crippen LogP contribution in [0.2, 0.25) is 0 Å². The van der Waals surface area contributed by atoms with E-state index in [1.807, 2.05) is 24.3 Å². The second-order valence-electron chi connectivity index (χ2n) is 7.17. The number of hydrogen-bond acceptors (Lipinski definition) is 3. The maximum absolute atomic E-state index is 12.8. The van der Waals surface area contributed by atoms with Crippen molar-refractivity contribution in [1.29, 1.82) is 0 Å². The smallest absolute Gasteiger partial charge is 0.311 e. The summed E-state index contributed by atoms with van der Waals surface area (Å²) >= 11 is 0. The van der Waals surface area contributed by atoms with E-state index in [0.717, 1.165) is 25.2 Å². The van der Waals surface area contributed by atoms with Gasteiger partial charge in [0.2, 0.25) is 0 Å². The highest BCUT2D eigenvalue weighted by Gasteiger charge is 2.46. The lowest BCUT2D eigenvalue weighted by Crippen LogP contribution is -2.37. The van der Waals surface area contributed by atoms with E-state index >= 15 is 0 Å². The van der Waals surface area contributed by atoms with Crippen molar-refractivity contribution >= 4 is 5.97 Å². The number of carbonyl (C=O) groups excluding carboxylic acids is 1. The molecule has 3 atom stereocenters. The maximum atomic E-state index is 12.8. The van der Waals surface area contributed by atoms with Gasteiger partial charge in [0.1, 0.15) is 6.10 Å². The molecule has 0 spiro atoms. The number of cyclic esters (lactones) is 1. The van der Waals surface area contributed by atoms with Gasteiger partial charge in [-0.05, 0) is 37.1 Å². The molecule has 0 aromatic heterocycles. The third kappa shape index (κ3) is 3.47. The largest absolute Gasteiger partial charge is 0.457 e. The highest BCUT2D eigenvalue weighted by Crippen LogP contribution is 2.46. The van der Waals surface area contributed by atoms with E-state index in [9.17, 15) is 4.79 Å². The molecule has 2 aliphatic rings. The number of ether oxygens (including phenoxy) is 1. The molecule has 0 radical (unpaired) electrons. The quantitative estimate of drug-likeness (QED) is 0.786. The summed E-state index contributed by atoms with van der Waals surface area (Å²) in [6.45, 7) is 3.00. The molecule has 2 saturated heterocycles. The van der Waals surface area contributed by atoms with Crippen LogP contribution in [0, 0.1) is 5.92 Å². The lowest BCUT2D eigenvalue weighted by atomic mass is 9.81. The first-order chi connectivity index (χ1) is 12.3. The highest BCUT2D eigenvalue weighted by atomic mass is 16.6. The van der Waals surface area contributed by atoms with Crippen LogP contribution in [-0.2, 0) is 9.53 Å². The standard InChI is InChI=1S/C22H25NO2/c24-22-19(16-23-14-8-3-9-15-23)20(17-10-4-1-5-11-17)21(25-22)18-12-6-2-7-13-18/h1-2,4-7,10-13,19-21H,3,8-9,14-16H2/t19-,20+,21+/m0/s1. The summed E-state index contributed by atoms with van der Waals surface area (Å²) in [5.41, 5.74) is 2.29. The second-order valence-corrected chi connectivity index (χ2v) is 7.17. The summed E-state index contributed by atoms with van der Waals surface area (Å²) < 4.78 is 5.90. The summed E-state index contributed by atoms with van der Waals surface area (Å²) in [5, 5.41) is 0. The number of rotatable bonds is 4. The zero-order chi connectivity index (χ0) is 17.1. The van der Waals surface area contributed by atoms with Crippen LogP contribution in [0.25, 0.3) is 0 Å². The Kier molecular flexibility index (Phi) is 4.84. The fourth-order valence-corrected chi connectivity index (χ4v) is 4.25. The predicted octanol–water partition coefficient (Wildman–Crippen LogP) is 4.17. The molecule has 0 bridgehead atoms. The molecule has 2 aromatic rings. The minimum absolute atomic E-state index is 0.0479. The lowest BCUT2D eigenvalue weighted by Gasteiger charge is -2.30. The SMILES string of the molecule is O=C1O[C@H](c2ccccc2)[C@H](c2ccccc2)[C@@H]1CN1CCCCC1. The summed E-state index contributed by atoms with van der Waals surface area (Å²) in [7, 11) is 0. The van der Waals surface area contributed by atoms with E-state index in [1.165, 1.54) is 24.8 Å². The van der Waals surface area contributed by atoms with Gasteiger partial charge in [-0.1, -0.05) is 67.1 Å². The first kappa shape index (κ1) is 16.3. The van der Waals surface area contributed by atoms with E-state index in [4.69, 9.17) is 4.74 Å². The van der Waals surface area contributed by atoms with Crippen molar-refractivity contribution < 1.29 is 9.53 Å². The van der Waals surface area contributed by atoms with E-state index in [0.29, 0.717) is 0 Å². The van der Waals surface area contributed by atoms with Gasteiger partial charge in [0.05, 0.1) is 5.92 Å². The Labute approximate surface area is 149 Å². The second kappa shape index (κ2) is 7.40. The topological polar surface area (TPSA) is 29.5 Å². The number of piperidine rings is 1. The highest BCUT2D eigenvalue weighted by molar-refractivity contribution is 5.77. The van der Waals surface area contributed by atoms with Crippen molar-refractivity contribution in [3.8, 4) is 0 Å². The van der Waals surface area contributed by atoms with E-state index in [2.05, 4.69) is 41.3 Å². The molecule has 3 nitrogen and oxygen atoms in total. The monoisotopic (exact) mass is 335 g/mol. The third-order valence-corrected chi connectivity index (χ3v) is 5.52. The molecule has 2 heterocycles. The van der Waals surface area contributed by atoms with Gasteiger partial charge < -0.3 is 9.64 Å². The van der Waals surface area contributed by atoms with Crippen molar-refractivity contribution in [2.45, 2.75) is 31.3 Å². The number of esters is 1. The minimum Gasteiger partial charge on any atom is -0.457 e. The molecular formula is C22H25NO2. The Hall–Kier alpha value is -2.13. The summed E-state index contributed by atoms with van der Waals surface area (Å²) in [6, 6.07) is 20.6. The van der Waals surface area contributed by atoms with E-state index in [1.54, 1.807) is 0 Å². The fourth-order valence-electron chi connectivity index (χ4n) is 4.25. The van der Waals surface area contributed by atoms with Gasteiger partial charge in [0.15, 0.2) is 0 Å². The summed E-state index contributed by atoms with van der Waals surface area (Å²) in [6.07, 6.45) is 3.59. The third-order valence-electron chi connectivity index (χ3n) is 5.52. The zero-order valence-electron chi connectivity index (χ0n) is 14.5. The Balaban J connectivity index is 1.65. The molecule has 2 fully saturated rings. The number of hydrogen-bond donors (Lipinski definition) is 0. The van der Waals surface area contributed by atoms with Crippen LogP contribution in [0.5, 0.6) is 0 Å². The number of likely N-dealkylation sites (tertiary alicyclic amines) is 1. The van der Waals surface area contributed by atoms with E-state index < -0.39 is 0 Å². The van der Waals surface area contributed by atoms with Gasteiger partial charge in [-0.3, -0.25) is 4.79 Å². The Morgan fingerprint density at radius 3 is 2.08 bits per heavy atom. The Bertz CT molecular complexity index is 694. The van der Waals surface area contributed by atoms with Gasteiger partial charge in [-0.15, -0.1) is 0 Å². The summed E-state index contributed by atoms with van der Waals surface area (Å²) in [4.78, 5) is 15.2. The maximum Gasteiger partial charge on any atom is 0.311 e. The fraction of sp³-hybridized carbons (Fsp3) is 0.409. The number of benzene rings is 2.